The second kappa shape index (κ2) is 5.52. The van der Waals surface area contributed by atoms with Crippen LogP contribution in [0.25, 0.3) is 0 Å². The number of hydrogen-bond acceptors (Lipinski definition) is 4. The summed E-state index contributed by atoms with van der Waals surface area (Å²) < 4.78 is 0. The smallest absolute Gasteiger partial charge is 0.242 e. The van der Waals surface area contributed by atoms with E-state index in [0.717, 1.165) is 5.69 Å². The zero-order valence-electron chi connectivity index (χ0n) is 10.1. The average Bonchev–Trinajstić information content (AvgIpc) is 2.41. The highest BCUT2D eigenvalue weighted by atomic mass is 16.2. The number of nitrogens with two attached hydrogens (primary N) is 1. The summed E-state index contributed by atoms with van der Waals surface area (Å²) in [5.74, 6) is -0.0144. The van der Waals surface area contributed by atoms with Crippen molar-refractivity contribution in [3.63, 3.8) is 0 Å². The Morgan fingerprint density at radius 3 is 3.00 bits per heavy atom. The minimum absolute atomic E-state index is 0.0144. The number of benzene rings is 1. The molecule has 1 aromatic carbocycles. The van der Waals surface area contributed by atoms with Crippen LogP contribution >= 0.6 is 0 Å². The number of nitrogens with zero attached hydrogens (tertiary/aromatic N) is 2. The SMILES string of the molecule is N#Cc1ccccc1N1CCNC(=O)C1CCN. The molecule has 0 aliphatic carbocycles. The van der Waals surface area contributed by atoms with E-state index in [0.29, 0.717) is 31.6 Å². The van der Waals surface area contributed by atoms with Gasteiger partial charge >= 0.3 is 0 Å². The summed E-state index contributed by atoms with van der Waals surface area (Å²) in [6.45, 7) is 1.75. The number of carbonyl (C=O) groups is 1. The molecule has 2 rings (SSSR count). The third kappa shape index (κ3) is 2.29. The molecule has 0 radical (unpaired) electrons. The lowest BCUT2D eigenvalue weighted by Gasteiger charge is -2.37. The molecule has 0 spiro atoms. The van der Waals surface area contributed by atoms with E-state index in [-0.39, 0.29) is 11.9 Å². The normalized spacial score (nSPS) is 19.2. The molecule has 18 heavy (non-hydrogen) atoms. The lowest BCUT2D eigenvalue weighted by molar-refractivity contribution is -0.123. The van der Waals surface area contributed by atoms with Crippen LogP contribution in [0.5, 0.6) is 0 Å². The van der Waals surface area contributed by atoms with Gasteiger partial charge in [0.2, 0.25) is 5.91 Å². The van der Waals surface area contributed by atoms with Crippen LogP contribution in [-0.4, -0.2) is 31.6 Å². The molecular formula is C13H16N4O. The maximum atomic E-state index is 11.9. The van der Waals surface area contributed by atoms with Gasteiger partial charge in [-0.15, -0.1) is 0 Å². The van der Waals surface area contributed by atoms with Crippen LogP contribution in [0.4, 0.5) is 5.69 Å². The highest BCUT2D eigenvalue weighted by Gasteiger charge is 2.30. The summed E-state index contributed by atoms with van der Waals surface area (Å²) in [5, 5.41) is 12.0. The van der Waals surface area contributed by atoms with E-state index in [1.54, 1.807) is 6.07 Å². The monoisotopic (exact) mass is 244 g/mol. The standard InChI is InChI=1S/C13H16N4O/c14-6-5-12-13(18)16-7-8-17(12)11-4-2-1-3-10(11)9-15/h1-4,12H,5-8,14H2,(H,16,18). The molecule has 1 heterocycles. The zero-order chi connectivity index (χ0) is 13.0. The Hall–Kier alpha value is -2.06. The molecule has 1 aliphatic rings. The van der Waals surface area contributed by atoms with Crippen molar-refractivity contribution in [3.8, 4) is 6.07 Å². The van der Waals surface area contributed by atoms with E-state index in [9.17, 15) is 4.79 Å². The lowest BCUT2D eigenvalue weighted by Crippen LogP contribution is -2.56. The molecule has 0 aromatic heterocycles. The quantitative estimate of drug-likeness (QED) is 0.796. The summed E-state index contributed by atoms with van der Waals surface area (Å²) in [6, 6.07) is 9.23. The fraction of sp³-hybridized carbons (Fsp3) is 0.385. The van der Waals surface area contributed by atoms with Gasteiger partial charge in [0.25, 0.3) is 0 Å². The molecule has 3 N–H and O–H groups in total. The maximum absolute atomic E-state index is 11.9. The van der Waals surface area contributed by atoms with Crippen LogP contribution in [-0.2, 0) is 4.79 Å². The average molecular weight is 244 g/mol. The molecule has 1 amide bonds. The zero-order valence-corrected chi connectivity index (χ0v) is 10.1. The van der Waals surface area contributed by atoms with E-state index in [4.69, 9.17) is 11.0 Å². The van der Waals surface area contributed by atoms with E-state index < -0.39 is 0 Å². The van der Waals surface area contributed by atoms with Crippen molar-refractivity contribution in [1.29, 1.82) is 5.26 Å². The number of piperazine rings is 1. The van der Waals surface area contributed by atoms with E-state index >= 15 is 0 Å². The van der Waals surface area contributed by atoms with Gasteiger partial charge in [-0.05, 0) is 25.1 Å². The molecule has 5 heteroatoms. The Morgan fingerprint density at radius 1 is 1.50 bits per heavy atom. The van der Waals surface area contributed by atoms with Gasteiger partial charge in [-0.25, -0.2) is 0 Å². The fourth-order valence-corrected chi connectivity index (χ4v) is 2.27. The van der Waals surface area contributed by atoms with Crippen molar-refractivity contribution < 1.29 is 4.79 Å². The molecule has 1 aliphatic heterocycles. The molecule has 1 aromatic rings. The lowest BCUT2D eigenvalue weighted by atomic mass is 10.1. The van der Waals surface area contributed by atoms with Crippen molar-refractivity contribution in [2.75, 3.05) is 24.5 Å². The molecule has 94 valence electrons. The first kappa shape index (κ1) is 12.4. The number of hydrogen-bond donors (Lipinski definition) is 2. The minimum atomic E-state index is -0.279. The molecule has 5 nitrogen and oxygen atoms in total. The van der Waals surface area contributed by atoms with Gasteiger partial charge in [0, 0.05) is 13.1 Å². The molecule has 1 fully saturated rings. The van der Waals surface area contributed by atoms with Crippen LogP contribution in [0.15, 0.2) is 24.3 Å². The van der Waals surface area contributed by atoms with E-state index in [1.165, 1.54) is 0 Å². The van der Waals surface area contributed by atoms with Gasteiger partial charge in [-0.3, -0.25) is 4.79 Å². The van der Waals surface area contributed by atoms with Crippen molar-refractivity contribution in [3.05, 3.63) is 29.8 Å². The van der Waals surface area contributed by atoms with Gasteiger partial charge in [0.15, 0.2) is 0 Å². The number of nitriles is 1. The Balaban J connectivity index is 2.34. The van der Waals surface area contributed by atoms with Crippen molar-refractivity contribution >= 4 is 11.6 Å². The third-order valence-electron chi connectivity index (χ3n) is 3.10. The predicted molar refractivity (Wildman–Crippen MR) is 69.0 cm³/mol. The number of anilines is 1. The van der Waals surface area contributed by atoms with Gasteiger partial charge in [-0.1, -0.05) is 12.1 Å². The molecule has 0 saturated carbocycles. The second-order valence-electron chi connectivity index (χ2n) is 4.21. The predicted octanol–water partition coefficient (Wildman–Crippen LogP) is 0.212. The highest BCUT2D eigenvalue weighted by molar-refractivity contribution is 5.87. The highest BCUT2D eigenvalue weighted by Crippen LogP contribution is 2.24. The minimum Gasteiger partial charge on any atom is -0.357 e. The van der Waals surface area contributed by atoms with E-state index in [1.807, 2.05) is 23.1 Å². The topological polar surface area (TPSA) is 82.2 Å². The Labute approximate surface area is 106 Å². The van der Waals surface area contributed by atoms with Gasteiger partial charge in [0.1, 0.15) is 12.1 Å². The van der Waals surface area contributed by atoms with Crippen molar-refractivity contribution in [2.45, 2.75) is 12.5 Å². The number of para-hydroxylation sites is 1. The first-order valence-electron chi connectivity index (χ1n) is 6.01. The van der Waals surface area contributed by atoms with Gasteiger partial charge in [0.05, 0.1) is 11.3 Å². The summed E-state index contributed by atoms with van der Waals surface area (Å²) >= 11 is 0. The Bertz CT molecular complexity index is 480. The summed E-state index contributed by atoms with van der Waals surface area (Å²) in [5.41, 5.74) is 6.97. The van der Waals surface area contributed by atoms with Gasteiger partial charge < -0.3 is 16.0 Å². The first-order chi connectivity index (χ1) is 8.77. The van der Waals surface area contributed by atoms with E-state index in [2.05, 4.69) is 11.4 Å². The molecule has 1 saturated heterocycles. The number of carbonyl (C=O) groups excluding carboxylic acids is 1. The van der Waals surface area contributed by atoms with Crippen molar-refractivity contribution in [1.82, 2.24) is 5.32 Å². The summed E-state index contributed by atoms with van der Waals surface area (Å²) in [7, 11) is 0. The fourth-order valence-electron chi connectivity index (χ4n) is 2.27. The molecular weight excluding hydrogens is 228 g/mol. The van der Waals surface area contributed by atoms with Crippen LogP contribution in [0.3, 0.4) is 0 Å². The maximum Gasteiger partial charge on any atom is 0.242 e. The Kier molecular flexibility index (Phi) is 3.80. The molecule has 1 unspecified atom stereocenters. The second-order valence-corrected chi connectivity index (χ2v) is 4.21. The van der Waals surface area contributed by atoms with Crippen LogP contribution in [0.1, 0.15) is 12.0 Å². The summed E-state index contributed by atoms with van der Waals surface area (Å²) in [4.78, 5) is 13.9. The number of rotatable bonds is 3. The Morgan fingerprint density at radius 2 is 2.28 bits per heavy atom. The van der Waals surface area contributed by atoms with Crippen molar-refractivity contribution in [2.24, 2.45) is 5.73 Å². The molecule has 0 bridgehead atoms. The summed E-state index contributed by atoms with van der Waals surface area (Å²) in [6.07, 6.45) is 0.589. The largest absolute Gasteiger partial charge is 0.357 e. The van der Waals surface area contributed by atoms with Crippen LogP contribution in [0.2, 0.25) is 0 Å². The van der Waals surface area contributed by atoms with Gasteiger partial charge in [-0.2, -0.15) is 5.26 Å². The molecule has 1 atom stereocenters. The third-order valence-corrected chi connectivity index (χ3v) is 3.10. The number of amides is 1. The van der Waals surface area contributed by atoms with Crippen LogP contribution in [0, 0.1) is 11.3 Å². The number of nitrogens with one attached hydrogen (secondary N) is 1. The first-order valence-corrected chi connectivity index (χ1v) is 6.01. The van der Waals surface area contributed by atoms with Crippen LogP contribution < -0.4 is 16.0 Å².